The van der Waals surface area contributed by atoms with Crippen molar-refractivity contribution in [3.63, 3.8) is 0 Å². The highest BCUT2D eigenvalue weighted by Crippen LogP contribution is 2.59. The SMILES string of the molecule is C=C(C(=O)OC12C[C@@H]3C[C@@H](CC(O)(C3)C1)C2)C(F)(F)F. The topological polar surface area (TPSA) is 46.5 Å². The Bertz CT molecular complexity index is 455. The van der Waals surface area contributed by atoms with Gasteiger partial charge in [0.1, 0.15) is 11.2 Å². The molecule has 2 unspecified atom stereocenters. The molecule has 0 aromatic carbocycles. The zero-order valence-corrected chi connectivity index (χ0v) is 11.0. The molecule has 0 aromatic heterocycles. The molecular formula is C14H17F3O3. The average Bonchev–Trinajstić information content (AvgIpc) is 2.22. The summed E-state index contributed by atoms with van der Waals surface area (Å²) in [5.74, 6) is -0.913. The number of rotatable bonds is 2. The Labute approximate surface area is 114 Å². The Morgan fingerprint density at radius 1 is 1.20 bits per heavy atom. The highest BCUT2D eigenvalue weighted by molar-refractivity contribution is 5.89. The molecule has 0 aromatic rings. The molecular weight excluding hydrogens is 273 g/mol. The molecule has 20 heavy (non-hydrogen) atoms. The van der Waals surface area contributed by atoms with E-state index in [1.165, 1.54) is 0 Å². The number of hydrogen-bond donors (Lipinski definition) is 1. The minimum atomic E-state index is -4.77. The van der Waals surface area contributed by atoms with Gasteiger partial charge in [0.25, 0.3) is 0 Å². The van der Waals surface area contributed by atoms with Crippen LogP contribution in [0.25, 0.3) is 0 Å². The van der Waals surface area contributed by atoms with Crippen LogP contribution in [0.2, 0.25) is 0 Å². The van der Waals surface area contributed by atoms with Gasteiger partial charge in [-0.2, -0.15) is 13.2 Å². The molecule has 4 aliphatic rings. The molecule has 4 bridgehead atoms. The van der Waals surface area contributed by atoms with Crippen molar-refractivity contribution >= 4 is 5.97 Å². The van der Waals surface area contributed by atoms with Crippen molar-refractivity contribution in [3.8, 4) is 0 Å². The molecule has 4 aliphatic carbocycles. The molecule has 4 fully saturated rings. The van der Waals surface area contributed by atoms with Crippen LogP contribution < -0.4 is 0 Å². The maximum Gasteiger partial charge on any atom is 0.422 e. The number of carbonyl (C=O) groups is 1. The maximum atomic E-state index is 12.5. The smallest absolute Gasteiger partial charge is 0.422 e. The van der Waals surface area contributed by atoms with Gasteiger partial charge in [-0.3, -0.25) is 0 Å². The number of alkyl halides is 3. The predicted molar refractivity (Wildman–Crippen MR) is 63.6 cm³/mol. The van der Waals surface area contributed by atoms with Gasteiger partial charge in [0.2, 0.25) is 0 Å². The Kier molecular flexibility index (Phi) is 2.78. The highest BCUT2D eigenvalue weighted by atomic mass is 19.4. The standard InChI is InChI=1S/C14H17F3O3/c1-8(14(15,16)17)11(18)20-13-5-9-2-10(6-13)4-12(19,3-9)7-13/h9-10,19H,1-7H2/t9-,10+,12?,13?. The second-order valence-electron chi connectivity index (χ2n) is 6.73. The van der Waals surface area contributed by atoms with Gasteiger partial charge < -0.3 is 9.84 Å². The van der Waals surface area contributed by atoms with Crippen LogP contribution in [0.5, 0.6) is 0 Å². The zero-order valence-electron chi connectivity index (χ0n) is 11.0. The fourth-order valence-electron chi connectivity index (χ4n) is 4.62. The first kappa shape index (κ1) is 13.9. The largest absolute Gasteiger partial charge is 0.455 e. The monoisotopic (exact) mass is 290 g/mol. The normalized spacial score (nSPS) is 42.6. The first-order valence-corrected chi connectivity index (χ1v) is 6.83. The fraction of sp³-hybridized carbons (Fsp3) is 0.786. The Hall–Kier alpha value is -1.04. The summed E-state index contributed by atoms with van der Waals surface area (Å²) < 4.78 is 42.6. The minimum Gasteiger partial charge on any atom is -0.455 e. The van der Waals surface area contributed by atoms with E-state index < -0.39 is 28.9 Å². The Morgan fingerprint density at radius 3 is 2.20 bits per heavy atom. The summed E-state index contributed by atoms with van der Waals surface area (Å²) in [6.45, 7) is 2.78. The Balaban J connectivity index is 1.77. The molecule has 6 heteroatoms. The summed E-state index contributed by atoms with van der Waals surface area (Å²) in [7, 11) is 0. The summed E-state index contributed by atoms with van der Waals surface area (Å²) in [5, 5.41) is 10.4. The van der Waals surface area contributed by atoms with Crippen molar-refractivity contribution in [2.24, 2.45) is 11.8 Å². The molecule has 0 saturated heterocycles. The van der Waals surface area contributed by atoms with Crippen molar-refractivity contribution in [1.29, 1.82) is 0 Å². The number of hydrogen-bond acceptors (Lipinski definition) is 3. The fourth-order valence-corrected chi connectivity index (χ4v) is 4.62. The average molecular weight is 290 g/mol. The van der Waals surface area contributed by atoms with Crippen molar-refractivity contribution in [3.05, 3.63) is 12.2 Å². The van der Waals surface area contributed by atoms with Gasteiger partial charge >= 0.3 is 12.1 Å². The van der Waals surface area contributed by atoms with Crippen LogP contribution in [0.15, 0.2) is 12.2 Å². The zero-order chi connectivity index (χ0) is 14.8. The highest BCUT2D eigenvalue weighted by Gasteiger charge is 2.59. The van der Waals surface area contributed by atoms with Crippen LogP contribution in [0, 0.1) is 11.8 Å². The van der Waals surface area contributed by atoms with Crippen LogP contribution in [-0.4, -0.2) is 28.5 Å². The number of esters is 1. The van der Waals surface area contributed by atoms with E-state index in [4.69, 9.17) is 4.74 Å². The van der Waals surface area contributed by atoms with Crippen LogP contribution in [0.3, 0.4) is 0 Å². The number of halogens is 3. The van der Waals surface area contributed by atoms with E-state index in [1.807, 2.05) is 0 Å². The third-order valence-corrected chi connectivity index (χ3v) is 4.87. The molecule has 4 rings (SSSR count). The molecule has 112 valence electrons. The van der Waals surface area contributed by atoms with Crippen molar-refractivity contribution in [2.45, 2.75) is 55.9 Å². The van der Waals surface area contributed by atoms with E-state index in [2.05, 4.69) is 6.58 Å². The third kappa shape index (κ3) is 2.24. The quantitative estimate of drug-likeness (QED) is 0.628. The molecule has 0 heterocycles. The van der Waals surface area contributed by atoms with Crippen LogP contribution in [0.4, 0.5) is 13.2 Å². The molecule has 0 spiro atoms. The molecule has 4 saturated carbocycles. The second kappa shape index (κ2) is 4.00. The lowest BCUT2D eigenvalue weighted by atomic mass is 9.52. The lowest BCUT2D eigenvalue weighted by Crippen LogP contribution is -2.60. The minimum absolute atomic E-state index is 0.244. The summed E-state index contributed by atoms with van der Waals surface area (Å²) in [5.41, 5.74) is -3.27. The summed E-state index contributed by atoms with van der Waals surface area (Å²) >= 11 is 0. The van der Waals surface area contributed by atoms with Gasteiger partial charge in [-0.25, -0.2) is 4.79 Å². The van der Waals surface area contributed by atoms with Crippen LogP contribution >= 0.6 is 0 Å². The van der Waals surface area contributed by atoms with Gasteiger partial charge in [-0.1, -0.05) is 6.58 Å². The van der Waals surface area contributed by atoms with E-state index in [0.29, 0.717) is 25.7 Å². The van der Waals surface area contributed by atoms with Crippen LogP contribution in [-0.2, 0) is 9.53 Å². The van der Waals surface area contributed by atoms with Gasteiger partial charge in [0.05, 0.1) is 5.60 Å². The van der Waals surface area contributed by atoms with Gasteiger partial charge in [0, 0.05) is 6.42 Å². The van der Waals surface area contributed by atoms with Crippen molar-refractivity contribution in [1.82, 2.24) is 0 Å². The summed E-state index contributed by atoms with van der Waals surface area (Å²) in [6.07, 6.45) is -1.08. The summed E-state index contributed by atoms with van der Waals surface area (Å²) in [4.78, 5) is 11.7. The lowest BCUT2D eigenvalue weighted by molar-refractivity contribution is -0.220. The Morgan fingerprint density at radius 2 is 1.75 bits per heavy atom. The molecule has 0 radical (unpaired) electrons. The summed E-state index contributed by atoms with van der Waals surface area (Å²) in [6, 6.07) is 0. The first-order valence-electron chi connectivity index (χ1n) is 6.83. The van der Waals surface area contributed by atoms with Crippen LogP contribution in [0.1, 0.15) is 38.5 Å². The second-order valence-corrected chi connectivity index (χ2v) is 6.73. The first-order chi connectivity index (χ1) is 9.11. The lowest BCUT2D eigenvalue weighted by Gasteiger charge is -2.59. The van der Waals surface area contributed by atoms with E-state index in [9.17, 15) is 23.1 Å². The number of ether oxygens (including phenoxy) is 1. The van der Waals surface area contributed by atoms with Crippen molar-refractivity contribution in [2.75, 3.05) is 0 Å². The third-order valence-electron chi connectivity index (χ3n) is 4.87. The van der Waals surface area contributed by atoms with E-state index in [-0.39, 0.29) is 18.3 Å². The van der Waals surface area contributed by atoms with Gasteiger partial charge in [0.15, 0.2) is 0 Å². The van der Waals surface area contributed by atoms with E-state index in [0.717, 1.165) is 6.42 Å². The maximum absolute atomic E-state index is 12.5. The number of carbonyl (C=O) groups excluding carboxylic acids is 1. The molecule has 0 amide bonds. The van der Waals surface area contributed by atoms with Crippen molar-refractivity contribution < 1.29 is 27.8 Å². The van der Waals surface area contributed by atoms with E-state index >= 15 is 0 Å². The molecule has 0 aliphatic heterocycles. The molecule has 4 atom stereocenters. The number of aliphatic hydroxyl groups is 1. The molecule has 3 nitrogen and oxygen atoms in total. The molecule has 1 N–H and O–H groups in total. The predicted octanol–water partition coefficient (Wildman–Crippen LogP) is 2.73. The van der Waals surface area contributed by atoms with Gasteiger partial charge in [-0.05, 0) is 43.9 Å². The van der Waals surface area contributed by atoms with Gasteiger partial charge in [-0.15, -0.1) is 0 Å². The van der Waals surface area contributed by atoms with E-state index in [1.54, 1.807) is 0 Å².